The Labute approximate surface area is 101 Å². The number of carboxylic acids is 1. The van der Waals surface area contributed by atoms with Crippen molar-refractivity contribution < 1.29 is 14.8 Å². The van der Waals surface area contributed by atoms with Crippen molar-refractivity contribution in [3.05, 3.63) is 40.1 Å². The van der Waals surface area contributed by atoms with Gasteiger partial charge in [-0.3, -0.25) is 14.9 Å². The number of aliphatic carboxylic acids is 1. The van der Waals surface area contributed by atoms with Crippen molar-refractivity contribution in [2.75, 3.05) is 0 Å². The van der Waals surface area contributed by atoms with E-state index in [2.05, 4.69) is 4.98 Å². The average Bonchev–Trinajstić information content (AvgIpc) is 2.72. The fourth-order valence-corrected chi connectivity index (χ4v) is 1.87. The Bertz CT molecular complexity index is 620. The molecule has 94 valence electrons. The molecule has 0 aliphatic heterocycles. The molecule has 2 rings (SSSR count). The van der Waals surface area contributed by atoms with Crippen molar-refractivity contribution in [3.63, 3.8) is 0 Å². The van der Waals surface area contributed by atoms with Gasteiger partial charge in [-0.05, 0) is 11.6 Å². The normalized spacial score (nSPS) is 12.5. The van der Waals surface area contributed by atoms with Gasteiger partial charge in [0.15, 0.2) is 0 Å². The van der Waals surface area contributed by atoms with Crippen LogP contribution in [0.1, 0.15) is 5.56 Å². The number of nitro groups is 1. The van der Waals surface area contributed by atoms with E-state index in [1.807, 2.05) is 0 Å². The lowest BCUT2D eigenvalue weighted by molar-refractivity contribution is -0.383. The second-order valence-electron chi connectivity index (χ2n) is 3.92. The molecule has 0 bridgehead atoms. The van der Waals surface area contributed by atoms with E-state index in [1.54, 1.807) is 18.3 Å². The fourth-order valence-electron chi connectivity index (χ4n) is 1.87. The van der Waals surface area contributed by atoms with Crippen LogP contribution >= 0.6 is 0 Å². The molecule has 1 aromatic heterocycles. The van der Waals surface area contributed by atoms with Gasteiger partial charge in [0, 0.05) is 18.7 Å². The Morgan fingerprint density at radius 1 is 1.56 bits per heavy atom. The van der Waals surface area contributed by atoms with Crippen molar-refractivity contribution in [1.29, 1.82) is 0 Å². The number of nitrogens with two attached hydrogens (primary N) is 1. The van der Waals surface area contributed by atoms with Crippen molar-refractivity contribution in [2.45, 2.75) is 12.5 Å². The van der Waals surface area contributed by atoms with Crippen molar-refractivity contribution in [3.8, 4) is 0 Å². The number of nitrogens with one attached hydrogen (secondary N) is 1. The zero-order valence-electron chi connectivity index (χ0n) is 9.29. The van der Waals surface area contributed by atoms with E-state index in [1.165, 1.54) is 6.07 Å². The molecule has 7 heteroatoms. The summed E-state index contributed by atoms with van der Waals surface area (Å²) in [7, 11) is 0. The van der Waals surface area contributed by atoms with E-state index >= 15 is 0 Å². The highest BCUT2D eigenvalue weighted by Gasteiger charge is 2.20. The van der Waals surface area contributed by atoms with Crippen LogP contribution in [0.5, 0.6) is 0 Å². The standard InChI is InChI=1S/C11H11N3O4/c12-7(11(15)16)4-6-5-13-8-2-1-3-9(10(6)8)14(17)18/h1-3,5,7,13H,4,12H2,(H,15,16). The van der Waals surface area contributed by atoms with Crippen LogP contribution in [0.3, 0.4) is 0 Å². The van der Waals surface area contributed by atoms with E-state index in [0.29, 0.717) is 16.5 Å². The topological polar surface area (TPSA) is 122 Å². The number of hydrogen-bond acceptors (Lipinski definition) is 4. The lowest BCUT2D eigenvalue weighted by atomic mass is 10.0. The number of non-ortho nitro benzene ring substituents is 1. The number of aromatic nitrogens is 1. The molecule has 1 aromatic carbocycles. The first-order valence-electron chi connectivity index (χ1n) is 5.22. The number of H-pyrrole nitrogens is 1. The summed E-state index contributed by atoms with van der Waals surface area (Å²) in [5.41, 5.74) is 6.52. The van der Waals surface area contributed by atoms with E-state index < -0.39 is 16.9 Å². The predicted octanol–water partition coefficient (Wildman–Crippen LogP) is 1.03. The summed E-state index contributed by atoms with van der Waals surface area (Å²) in [6, 6.07) is 3.56. The van der Waals surface area contributed by atoms with Gasteiger partial charge in [0.05, 0.1) is 15.8 Å². The zero-order chi connectivity index (χ0) is 13.3. The van der Waals surface area contributed by atoms with Gasteiger partial charge in [-0.1, -0.05) is 6.07 Å². The van der Waals surface area contributed by atoms with Crippen LogP contribution in [-0.4, -0.2) is 27.0 Å². The lowest BCUT2D eigenvalue weighted by Crippen LogP contribution is -2.32. The fraction of sp³-hybridized carbons (Fsp3) is 0.182. The Morgan fingerprint density at radius 3 is 2.89 bits per heavy atom. The minimum absolute atomic E-state index is 0.0419. The summed E-state index contributed by atoms with van der Waals surface area (Å²) in [5.74, 6) is -1.14. The molecule has 0 radical (unpaired) electrons. The van der Waals surface area contributed by atoms with Gasteiger partial charge in [0.2, 0.25) is 0 Å². The van der Waals surface area contributed by atoms with Crippen LogP contribution in [0.2, 0.25) is 0 Å². The van der Waals surface area contributed by atoms with Gasteiger partial charge < -0.3 is 15.8 Å². The number of nitro benzene ring substituents is 1. The quantitative estimate of drug-likeness (QED) is 0.551. The molecule has 0 saturated carbocycles. The number of aromatic amines is 1. The molecule has 2 aromatic rings. The minimum atomic E-state index is -1.14. The molecule has 7 nitrogen and oxygen atoms in total. The van der Waals surface area contributed by atoms with E-state index in [-0.39, 0.29) is 12.1 Å². The summed E-state index contributed by atoms with van der Waals surface area (Å²) >= 11 is 0. The van der Waals surface area contributed by atoms with E-state index in [4.69, 9.17) is 10.8 Å². The second-order valence-corrected chi connectivity index (χ2v) is 3.92. The van der Waals surface area contributed by atoms with Gasteiger partial charge in [-0.2, -0.15) is 0 Å². The molecule has 0 saturated heterocycles. The highest BCUT2D eigenvalue weighted by Crippen LogP contribution is 2.28. The van der Waals surface area contributed by atoms with E-state index in [0.717, 1.165) is 0 Å². The Kier molecular flexibility index (Phi) is 2.99. The van der Waals surface area contributed by atoms with Gasteiger partial charge in [0.1, 0.15) is 6.04 Å². The summed E-state index contributed by atoms with van der Waals surface area (Å²) in [6.45, 7) is 0. The van der Waals surface area contributed by atoms with Gasteiger partial charge in [0.25, 0.3) is 5.69 Å². The maximum Gasteiger partial charge on any atom is 0.320 e. The molecule has 1 atom stereocenters. The Morgan fingerprint density at radius 2 is 2.28 bits per heavy atom. The summed E-state index contributed by atoms with van der Waals surface area (Å²) < 4.78 is 0. The number of carboxylic acid groups (broad SMARTS) is 1. The third-order valence-electron chi connectivity index (χ3n) is 2.72. The first-order chi connectivity index (χ1) is 8.50. The smallest absolute Gasteiger partial charge is 0.320 e. The molecule has 0 aliphatic rings. The number of carbonyl (C=O) groups is 1. The lowest BCUT2D eigenvalue weighted by Gasteiger charge is -2.04. The third-order valence-corrected chi connectivity index (χ3v) is 2.72. The molecule has 1 heterocycles. The van der Waals surface area contributed by atoms with Crippen molar-refractivity contribution in [1.82, 2.24) is 4.98 Å². The third kappa shape index (κ3) is 2.03. The van der Waals surface area contributed by atoms with Crippen LogP contribution in [-0.2, 0) is 11.2 Å². The molecular weight excluding hydrogens is 238 g/mol. The van der Waals surface area contributed by atoms with Gasteiger partial charge >= 0.3 is 5.97 Å². The highest BCUT2D eigenvalue weighted by atomic mass is 16.6. The zero-order valence-corrected chi connectivity index (χ0v) is 9.29. The van der Waals surface area contributed by atoms with Crippen LogP contribution in [0.4, 0.5) is 5.69 Å². The van der Waals surface area contributed by atoms with E-state index in [9.17, 15) is 14.9 Å². The molecule has 18 heavy (non-hydrogen) atoms. The molecule has 0 aliphatic carbocycles. The minimum Gasteiger partial charge on any atom is -0.480 e. The van der Waals surface area contributed by atoms with Crippen molar-refractivity contribution >= 4 is 22.6 Å². The number of fused-ring (bicyclic) bond motifs is 1. The van der Waals surface area contributed by atoms with Crippen molar-refractivity contribution in [2.24, 2.45) is 5.73 Å². The highest BCUT2D eigenvalue weighted by molar-refractivity contribution is 5.92. The predicted molar refractivity (Wildman–Crippen MR) is 64.3 cm³/mol. The summed E-state index contributed by atoms with van der Waals surface area (Å²) in [6.07, 6.45) is 1.60. The maximum atomic E-state index is 10.9. The van der Waals surface area contributed by atoms with Crippen LogP contribution < -0.4 is 5.73 Å². The van der Waals surface area contributed by atoms with Crippen LogP contribution in [0.25, 0.3) is 10.9 Å². The van der Waals surface area contributed by atoms with Gasteiger partial charge in [-0.15, -0.1) is 0 Å². The molecule has 0 fully saturated rings. The number of nitrogens with zero attached hydrogens (tertiary/aromatic N) is 1. The first kappa shape index (κ1) is 12.1. The number of rotatable bonds is 4. The average molecular weight is 249 g/mol. The first-order valence-corrected chi connectivity index (χ1v) is 5.22. The SMILES string of the molecule is NC(Cc1c[nH]c2cccc([N+](=O)[O-])c12)C(=O)O. The monoisotopic (exact) mass is 249 g/mol. The summed E-state index contributed by atoms with van der Waals surface area (Å²) in [4.78, 5) is 24.0. The number of benzene rings is 1. The summed E-state index contributed by atoms with van der Waals surface area (Å²) in [5, 5.41) is 20.1. The van der Waals surface area contributed by atoms with Gasteiger partial charge in [-0.25, -0.2) is 0 Å². The second kappa shape index (κ2) is 4.46. The van der Waals surface area contributed by atoms with Crippen LogP contribution in [0, 0.1) is 10.1 Å². The molecular formula is C11H11N3O4. The largest absolute Gasteiger partial charge is 0.480 e. The molecule has 1 unspecified atom stereocenters. The molecule has 0 spiro atoms. The molecule has 4 N–H and O–H groups in total. The Hall–Kier alpha value is -2.41. The Balaban J connectivity index is 2.52. The molecule has 0 amide bonds. The maximum absolute atomic E-state index is 10.9. The van der Waals surface area contributed by atoms with Crippen LogP contribution in [0.15, 0.2) is 24.4 Å². The number of hydrogen-bond donors (Lipinski definition) is 3.